The standard InChI is InChI=1S/C18H25N3/c1-3-6-15-13-21(16(4-2)12-20-15)18-8-5-7-14-11-19-10-9-17(14)18/h5,7-11,15-16,20H,3-4,6,12-13H2,1-2H3. The molecule has 3 nitrogen and oxygen atoms in total. The summed E-state index contributed by atoms with van der Waals surface area (Å²) in [5, 5.41) is 6.27. The molecule has 112 valence electrons. The minimum absolute atomic E-state index is 0.580. The highest BCUT2D eigenvalue weighted by Crippen LogP contribution is 2.30. The third kappa shape index (κ3) is 2.88. The van der Waals surface area contributed by atoms with Crippen molar-refractivity contribution in [2.24, 2.45) is 0 Å². The van der Waals surface area contributed by atoms with Gasteiger partial charge in [0.1, 0.15) is 0 Å². The van der Waals surface area contributed by atoms with Crippen LogP contribution < -0.4 is 10.2 Å². The molecule has 3 rings (SSSR count). The zero-order chi connectivity index (χ0) is 14.7. The second-order valence-electron chi connectivity index (χ2n) is 5.98. The first-order valence-corrected chi connectivity index (χ1v) is 8.16. The van der Waals surface area contributed by atoms with Gasteiger partial charge in [0.05, 0.1) is 0 Å². The smallest absolute Gasteiger partial charge is 0.0450 e. The van der Waals surface area contributed by atoms with Gasteiger partial charge in [-0.25, -0.2) is 0 Å². The van der Waals surface area contributed by atoms with Crippen LogP contribution in [0.5, 0.6) is 0 Å². The number of hydrogen-bond acceptors (Lipinski definition) is 3. The Labute approximate surface area is 127 Å². The van der Waals surface area contributed by atoms with Gasteiger partial charge in [0.15, 0.2) is 0 Å². The largest absolute Gasteiger partial charge is 0.365 e. The van der Waals surface area contributed by atoms with Crippen LogP contribution in [-0.2, 0) is 0 Å². The van der Waals surface area contributed by atoms with Crippen LogP contribution in [-0.4, -0.2) is 30.2 Å². The number of fused-ring (bicyclic) bond motifs is 1. The van der Waals surface area contributed by atoms with Crippen molar-refractivity contribution in [2.75, 3.05) is 18.0 Å². The molecule has 1 aliphatic rings. The van der Waals surface area contributed by atoms with Gasteiger partial charge in [-0.2, -0.15) is 0 Å². The highest BCUT2D eigenvalue weighted by Gasteiger charge is 2.27. The molecule has 1 N–H and O–H groups in total. The quantitative estimate of drug-likeness (QED) is 0.929. The van der Waals surface area contributed by atoms with Gasteiger partial charge in [-0.3, -0.25) is 4.98 Å². The zero-order valence-electron chi connectivity index (χ0n) is 13.0. The van der Waals surface area contributed by atoms with Crippen LogP contribution in [0.25, 0.3) is 10.8 Å². The van der Waals surface area contributed by atoms with Crippen molar-refractivity contribution in [2.45, 2.75) is 45.2 Å². The molecule has 21 heavy (non-hydrogen) atoms. The molecule has 1 aromatic carbocycles. The highest BCUT2D eigenvalue weighted by molar-refractivity contribution is 5.93. The first-order valence-electron chi connectivity index (χ1n) is 8.16. The van der Waals surface area contributed by atoms with Gasteiger partial charge in [-0.15, -0.1) is 0 Å². The Morgan fingerprint density at radius 1 is 1.29 bits per heavy atom. The lowest BCUT2D eigenvalue weighted by Gasteiger charge is -2.42. The summed E-state index contributed by atoms with van der Waals surface area (Å²) in [6, 6.07) is 9.90. The topological polar surface area (TPSA) is 28.2 Å². The van der Waals surface area contributed by atoms with E-state index in [1.165, 1.54) is 35.7 Å². The van der Waals surface area contributed by atoms with Crippen LogP contribution in [0.1, 0.15) is 33.1 Å². The van der Waals surface area contributed by atoms with E-state index in [2.05, 4.69) is 53.3 Å². The van der Waals surface area contributed by atoms with E-state index in [-0.39, 0.29) is 0 Å². The summed E-state index contributed by atoms with van der Waals surface area (Å²) in [7, 11) is 0. The Morgan fingerprint density at radius 2 is 2.19 bits per heavy atom. The van der Waals surface area contributed by atoms with E-state index >= 15 is 0 Å². The fourth-order valence-corrected chi connectivity index (χ4v) is 3.42. The van der Waals surface area contributed by atoms with Crippen molar-refractivity contribution >= 4 is 16.5 Å². The van der Waals surface area contributed by atoms with Gasteiger partial charge in [-0.05, 0) is 25.0 Å². The molecule has 0 amide bonds. The number of anilines is 1. The molecule has 3 heteroatoms. The molecule has 0 radical (unpaired) electrons. The lowest BCUT2D eigenvalue weighted by atomic mass is 10.0. The summed E-state index contributed by atoms with van der Waals surface area (Å²) in [6.45, 7) is 6.74. The normalized spacial score (nSPS) is 22.7. The molecule has 1 fully saturated rings. The number of aromatic nitrogens is 1. The Bertz CT molecular complexity index is 591. The summed E-state index contributed by atoms with van der Waals surface area (Å²) in [5.41, 5.74) is 1.37. The van der Waals surface area contributed by atoms with E-state index in [4.69, 9.17) is 0 Å². The summed E-state index contributed by atoms with van der Waals surface area (Å²) in [6.07, 6.45) is 7.53. The Hall–Kier alpha value is -1.61. The average Bonchev–Trinajstić information content (AvgIpc) is 2.54. The van der Waals surface area contributed by atoms with Gasteiger partial charge in [-0.1, -0.05) is 32.4 Å². The van der Waals surface area contributed by atoms with Crippen molar-refractivity contribution in [1.82, 2.24) is 10.3 Å². The van der Waals surface area contributed by atoms with Crippen LogP contribution in [0, 0.1) is 0 Å². The summed E-state index contributed by atoms with van der Waals surface area (Å²) in [5.74, 6) is 0. The third-order valence-corrected chi connectivity index (χ3v) is 4.58. The number of piperazine rings is 1. The molecule has 0 aliphatic carbocycles. The second-order valence-corrected chi connectivity index (χ2v) is 5.98. The van der Waals surface area contributed by atoms with Crippen molar-refractivity contribution < 1.29 is 0 Å². The van der Waals surface area contributed by atoms with Crippen LogP contribution >= 0.6 is 0 Å². The molecule has 1 aromatic heterocycles. The van der Waals surface area contributed by atoms with E-state index in [1.54, 1.807) is 0 Å². The monoisotopic (exact) mass is 283 g/mol. The fraction of sp³-hybridized carbons (Fsp3) is 0.500. The Morgan fingerprint density at radius 3 is 3.00 bits per heavy atom. The maximum atomic E-state index is 4.25. The second kappa shape index (κ2) is 6.44. The molecule has 0 saturated carbocycles. The van der Waals surface area contributed by atoms with Gasteiger partial charge in [0, 0.05) is 54.0 Å². The number of nitrogens with zero attached hydrogens (tertiary/aromatic N) is 2. The molecular weight excluding hydrogens is 258 g/mol. The summed E-state index contributed by atoms with van der Waals surface area (Å²) < 4.78 is 0. The predicted octanol–water partition coefficient (Wildman–Crippen LogP) is 3.59. The maximum absolute atomic E-state index is 4.25. The lowest BCUT2D eigenvalue weighted by Crippen LogP contribution is -2.56. The molecular formula is C18H25N3. The van der Waals surface area contributed by atoms with Crippen LogP contribution in [0.4, 0.5) is 5.69 Å². The molecule has 0 spiro atoms. The third-order valence-electron chi connectivity index (χ3n) is 4.58. The minimum atomic E-state index is 0.580. The van der Waals surface area contributed by atoms with E-state index in [0.717, 1.165) is 13.1 Å². The van der Waals surface area contributed by atoms with E-state index in [9.17, 15) is 0 Å². The Balaban J connectivity index is 1.97. The first-order chi connectivity index (χ1) is 10.3. The van der Waals surface area contributed by atoms with Crippen LogP contribution in [0.3, 0.4) is 0 Å². The van der Waals surface area contributed by atoms with E-state index < -0.39 is 0 Å². The minimum Gasteiger partial charge on any atom is -0.365 e. The van der Waals surface area contributed by atoms with Crippen LogP contribution in [0.15, 0.2) is 36.7 Å². The molecule has 2 heterocycles. The number of hydrogen-bond donors (Lipinski definition) is 1. The van der Waals surface area contributed by atoms with E-state index in [0.29, 0.717) is 12.1 Å². The lowest BCUT2D eigenvalue weighted by molar-refractivity contribution is 0.370. The first kappa shape index (κ1) is 14.3. The maximum Gasteiger partial charge on any atom is 0.0450 e. The molecule has 1 aliphatic heterocycles. The molecule has 2 aromatic rings. The number of rotatable bonds is 4. The van der Waals surface area contributed by atoms with Gasteiger partial charge in [0.2, 0.25) is 0 Å². The fourth-order valence-electron chi connectivity index (χ4n) is 3.42. The molecule has 0 bridgehead atoms. The van der Waals surface area contributed by atoms with Crippen molar-refractivity contribution in [3.8, 4) is 0 Å². The molecule has 2 unspecified atom stereocenters. The zero-order valence-corrected chi connectivity index (χ0v) is 13.0. The summed E-state index contributed by atoms with van der Waals surface area (Å²) >= 11 is 0. The number of nitrogens with one attached hydrogen (secondary N) is 1. The Kier molecular flexibility index (Phi) is 4.39. The molecule has 2 atom stereocenters. The summed E-state index contributed by atoms with van der Waals surface area (Å²) in [4.78, 5) is 6.86. The van der Waals surface area contributed by atoms with E-state index in [1.807, 2.05) is 12.4 Å². The van der Waals surface area contributed by atoms with Gasteiger partial charge >= 0.3 is 0 Å². The SMILES string of the molecule is CCCC1CN(c2cccc3cnccc23)C(CC)CN1. The van der Waals surface area contributed by atoms with Crippen molar-refractivity contribution in [1.29, 1.82) is 0 Å². The van der Waals surface area contributed by atoms with Gasteiger partial charge in [0.25, 0.3) is 0 Å². The number of pyridine rings is 1. The number of benzene rings is 1. The van der Waals surface area contributed by atoms with Gasteiger partial charge < -0.3 is 10.2 Å². The average molecular weight is 283 g/mol. The molecule has 1 saturated heterocycles. The predicted molar refractivity (Wildman–Crippen MR) is 89.9 cm³/mol. The van der Waals surface area contributed by atoms with Crippen LogP contribution in [0.2, 0.25) is 0 Å². The highest BCUT2D eigenvalue weighted by atomic mass is 15.2. The van der Waals surface area contributed by atoms with Crippen molar-refractivity contribution in [3.05, 3.63) is 36.7 Å². The van der Waals surface area contributed by atoms with Crippen molar-refractivity contribution in [3.63, 3.8) is 0 Å².